The van der Waals surface area contributed by atoms with Gasteiger partial charge in [0.25, 0.3) is 10.2 Å². The first-order chi connectivity index (χ1) is 7.35. The van der Waals surface area contributed by atoms with Crippen LogP contribution in [-0.2, 0) is 10.2 Å². The molecule has 0 fully saturated rings. The van der Waals surface area contributed by atoms with Gasteiger partial charge in [-0.15, -0.1) is 0 Å². The summed E-state index contributed by atoms with van der Waals surface area (Å²) < 4.78 is 27.6. The highest BCUT2D eigenvalue weighted by Gasteiger charge is 2.20. The quantitative estimate of drug-likeness (QED) is 0.696. The summed E-state index contributed by atoms with van der Waals surface area (Å²) in [6.45, 7) is 6.30. The lowest BCUT2D eigenvalue weighted by molar-refractivity contribution is 0.394. The van der Waals surface area contributed by atoms with E-state index in [0.29, 0.717) is 12.5 Å². The van der Waals surface area contributed by atoms with Crippen molar-refractivity contribution in [3.05, 3.63) is 0 Å². The maximum absolute atomic E-state index is 11.8. The minimum atomic E-state index is -3.31. The molecule has 0 aromatic heterocycles. The Morgan fingerprint density at radius 3 is 2.31 bits per heavy atom. The summed E-state index contributed by atoms with van der Waals surface area (Å²) in [5.41, 5.74) is 0. The van der Waals surface area contributed by atoms with Crippen molar-refractivity contribution in [2.45, 2.75) is 39.7 Å². The second-order valence-corrected chi connectivity index (χ2v) is 6.82. The number of hydrogen-bond acceptors (Lipinski definition) is 2. The number of nitrogens with one attached hydrogen (secondary N) is 1. The lowest BCUT2D eigenvalue weighted by atomic mass is 10.0. The fraction of sp³-hybridized carbons (Fsp3) is 1.00. The van der Waals surface area contributed by atoms with Gasteiger partial charge < -0.3 is 0 Å². The van der Waals surface area contributed by atoms with Crippen molar-refractivity contribution in [1.82, 2.24) is 9.03 Å². The second kappa shape index (κ2) is 7.63. The molecule has 4 nitrogen and oxygen atoms in total. The molecule has 0 heterocycles. The molecule has 1 N–H and O–H groups in total. The summed E-state index contributed by atoms with van der Waals surface area (Å²) >= 11 is 3.38. The molecule has 16 heavy (non-hydrogen) atoms. The van der Waals surface area contributed by atoms with Crippen molar-refractivity contribution in [3.63, 3.8) is 0 Å². The zero-order valence-corrected chi connectivity index (χ0v) is 12.9. The Labute approximate surface area is 108 Å². The molecule has 0 radical (unpaired) electrons. The summed E-state index contributed by atoms with van der Waals surface area (Å²) in [6, 6.07) is -0.0197. The van der Waals surface area contributed by atoms with Crippen molar-refractivity contribution in [2.24, 2.45) is 5.92 Å². The van der Waals surface area contributed by atoms with E-state index in [4.69, 9.17) is 0 Å². The van der Waals surface area contributed by atoms with E-state index in [1.165, 1.54) is 4.31 Å². The van der Waals surface area contributed by atoms with Crippen molar-refractivity contribution in [1.29, 1.82) is 0 Å². The third-order valence-electron chi connectivity index (χ3n) is 2.76. The van der Waals surface area contributed by atoms with Crippen LogP contribution in [0.25, 0.3) is 0 Å². The van der Waals surface area contributed by atoms with Crippen LogP contribution in [0, 0.1) is 5.92 Å². The number of hydrogen-bond donors (Lipinski definition) is 1. The predicted molar refractivity (Wildman–Crippen MR) is 72.0 cm³/mol. The van der Waals surface area contributed by atoms with Gasteiger partial charge in [0.05, 0.1) is 0 Å². The smallest absolute Gasteiger partial charge is 0.202 e. The third-order valence-corrected chi connectivity index (χ3v) is 4.92. The van der Waals surface area contributed by atoms with Crippen molar-refractivity contribution in [3.8, 4) is 0 Å². The fourth-order valence-electron chi connectivity index (χ4n) is 1.21. The molecule has 1 unspecified atom stereocenters. The van der Waals surface area contributed by atoms with E-state index in [1.807, 2.05) is 13.8 Å². The molecule has 0 amide bonds. The highest BCUT2D eigenvalue weighted by molar-refractivity contribution is 9.09. The van der Waals surface area contributed by atoms with E-state index >= 15 is 0 Å². The number of halogens is 1. The van der Waals surface area contributed by atoms with Crippen LogP contribution in [-0.4, -0.2) is 37.7 Å². The normalized spacial score (nSPS) is 14.7. The maximum atomic E-state index is 11.8. The van der Waals surface area contributed by atoms with Crippen molar-refractivity contribution < 1.29 is 8.42 Å². The predicted octanol–water partition coefficient (Wildman–Crippen LogP) is 1.97. The van der Waals surface area contributed by atoms with Gasteiger partial charge in [-0.05, 0) is 26.2 Å². The van der Waals surface area contributed by atoms with Gasteiger partial charge in [-0.3, -0.25) is 0 Å². The van der Waals surface area contributed by atoms with Gasteiger partial charge in [0.2, 0.25) is 0 Å². The maximum Gasteiger partial charge on any atom is 0.279 e. The highest BCUT2D eigenvalue weighted by atomic mass is 79.9. The Bertz CT molecular complexity index is 281. The molecule has 98 valence electrons. The number of nitrogens with zero attached hydrogens (tertiary/aromatic N) is 1. The molecule has 0 saturated heterocycles. The molecular weight excluding hydrogens is 292 g/mol. The molecule has 0 aliphatic rings. The lowest BCUT2D eigenvalue weighted by Gasteiger charge is -2.23. The van der Waals surface area contributed by atoms with Crippen molar-refractivity contribution >= 4 is 26.1 Å². The molecule has 1 atom stereocenters. The number of alkyl halides is 1. The van der Waals surface area contributed by atoms with Gasteiger partial charge in [-0.25, -0.2) is 4.72 Å². The van der Waals surface area contributed by atoms with Crippen LogP contribution >= 0.6 is 15.9 Å². The van der Waals surface area contributed by atoms with E-state index < -0.39 is 10.2 Å². The minimum absolute atomic E-state index is 0.0197. The van der Waals surface area contributed by atoms with Gasteiger partial charge in [-0.1, -0.05) is 29.3 Å². The third kappa shape index (κ3) is 5.61. The zero-order valence-electron chi connectivity index (χ0n) is 10.5. The largest absolute Gasteiger partial charge is 0.279 e. The van der Waals surface area contributed by atoms with E-state index in [9.17, 15) is 8.42 Å². The van der Waals surface area contributed by atoms with Crippen LogP contribution < -0.4 is 4.72 Å². The molecule has 0 aliphatic heterocycles. The van der Waals surface area contributed by atoms with E-state index in [1.54, 1.807) is 7.05 Å². The first-order valence-electron chi connectivity index (χ1n) is 5.63. The van der Waals surface area contributed by atoms with Crippen LogP contribution in [0.4, 0.5) is 0 Å². The Hall–Kier alpha value is 0.350. The standard InChI is InChI=1S/C10H23BrN2O2S/c1-5-10(6-7-11)8-12-16(14,15)13(4)9(2)3/h9-10,12H,5-8H2,1-4H3. The van der Waals surface area contributed by atoms with Crippen molar-refractivity contribution in [2.75, 3.05) is 18.9 Å². The summed E-state index contributed by atoms with van der Waals surface area (Å²) in [5.74, 6) is 0.398. The SMILES string of the molecule is CCC(CCBr)CNS(=O)(=O)N(C)C(C)C. The topological polar surface area (TPSA) is 49.4 Å². The second-order valence-electron chi connectivity index (χ2n) is 4.22. The molecule has 0 spiro atoms. The Morgan fingerprint density at radius 1 is 1.38 bits per heavy atom. The first-order valence-corrected chi connectivity index (χ1v) is 8.19. The summed E-state index contributed by atoms with van der Waals surface area (Å²) in [6.07, 6.45) is 1.98. The average molecular weight is 315 g/mol. The van der Waals surface area contributed by atoms with E-state index in [2.05, 4.69) is 27.6 Å². The van der Waals surface area contributed by atoms with Gasteiger partial charge in [0.1, 0.15) is 0 Å². The first kappa shape index (κ1) is 16.4. The molecule has 0 saturated carbocycles. The van der Waals surface area contributed by atoms with Crippen LogP contribution in [0.1, 0.15) is 33.6 Å². The Balaban J connectivity index is 4.27. The molecular formula is C10H23BrN2O2S. The van der Waals surface area contributed by atoms with Crippen LogP contribution in [0.2, 0.25) is 0 Å². The van der Waals surface area contributed by atoms with E-state index in [0.717, 1.165) is 18.2 Å². The molecule has 6 heteroatoms. The van der Waals surface area contributed by atoms with Crippen LogP contribution in [0.5, 0.6) is 0 Å². The zero-order chi connectivity index (χ0) is 12.8. The molecule has 0 rings (SSSR count). The van der Waals surface area contributed by atoms with E-state index in [-0.39, 0.29) is 6.04 Å². The van der Waals surface area contributed by atoms with Crippen LogP contribution in [0.3, 0.4) is 0 Å². The highest BCUT2D eigenvalue weighted by Crippen LogP contribution is 2.10. The summed E-state index contributed by atoms with van der Waals surface area (Å²) in [7, 11) is -1.72. The summed E-state index contributed by atoms with van der Waals surface area (Å²) in [5, 5.41) is 0.910. The summed E-state index contributed by atoms with van der Waals surface area (Å²) in [4.78, 5) is 0. The fourth-order valence-corrected chi connectivity index (χ4v) is 3.06. The molecule has 0 aliphatic carbocycles. The van der Waals surface area contributed by atoms with Gasteiger partial charge >= 0.3 is 0 Å². The van der Waals surface area contributed by atoms with Crippen LogP contribution in [0.15, 0.2) is 0 Å². The monoisotopic (exact) mass is 314 g/mol. The average Bonchev–Trinajstić information content (AvgIpc) is 2.22. The Kier molecular flexibility index (Phi) is 7.80. The Morgan fingerprint density at radius 2 is 1.94 bits per heavy atom. The van der Waals surface area contributed by atoms with Gasteiger partial charge in [0.15, 0.2) is 0 Å². The molecule has 0 bridgehead atoms. The molecule has 0 aromatic carbocycles. The van der Waals surface area contributed by atoms with Gasteiger partial charge in [0, 0.05) is 25.0 Å². The minimum Gasteiger partial charge on any atom is -0.202 e. The number of rotatable bonds is 8. The molecule has 0 aromatic rings. The van der Waals surface area contributed by atoms with Gasteiger partial charge in [-0.2, -0.15) is 12.7 Å². The lowest BCUT2D eigenvalue weighted by Crippen LogP contribution is -2.43.